The summed E-state index contributed by atoms with van der Waals surface area (Å²) >= 11 is 0. The standard InChI is InChI=1S/C16H25.C9H11.Fe/c1-8-9-12-10-13(15(2,3)4)11-14(12)16(5,6)7;1-8(2)7-9-5-3-4-6-9;/h8,10-11H,1,9H2,2-7H3;3-6H,1,7H2,2H3;/q;;+2. The molecule has 0 aliphatic heterocycles. The summed E-state index contributed by atoms with van der Waals surface area (Å²) < 4.78 is 0. The third kappa shape index (κ3) is 8.79. The van der Waals surface area contributed by atoms with Gasteiger partial charge in [-0.15, -0.1) is 13.2 Å². The first-order chi connectivity index (χ1) is 11.4. The molecule has 0 nitrogen and oxygen atoms in total. The quantitative estimate of drug-likeness (QED) is 0.352. The van der Waals surface area contributed by atoms with E-state index >= 15 is 0 Å². The molecule has 0 bridgehead atoms. The monoisotopic (exact) mass is 392 g/mol. The van der Waals surface area contributed by atoms with Crippen LogP contribution < -0.4 is 0 Å². The van der Waals surface area contributed by atoms with E-state index in [2.05, 4.69) is 93.2 Å². The van der Waals surface area contributed by atoms with Gasteiger partial charge in [-0.2, -0.15) is 0 Å². The Kier molecular flexibility index (Phi) is 11.1. The molecule has 2 rings (SSSR count). The summed E-state index contributed by atoms with van der Waals surface area (Å²) in [5.41, 5.74) is 1.68. The van der Waals surface area contributed by atoms with Crippen LogP contribution in [-0.4, -0.2) is 0 Å². The molecule has 142 valence electrons. The van der Waals surface area contributed by atoms with Crippen molar-refractivity contribution < 1.29 is 17.1 Å². The van der Waals surface area contributed by atoms with Gasteiger partial charge in [-0.05, 0) is 92.8 Å². The minimum absolute atomic E-state index is 0. The van der Waals surface area contributed by atoms with Crippen molar-refractivity contribution in [2.45, 2.75) is 61.3 Å². The zero-order chi connectivity index (χ0) is 19.3. The van der Waals surface area contributed by atoms with Crippen molar-refractivity contribution in [3.8, 4) is 0 Å². The number of hydrogen-bond acceptors (Lipinski definition) is 0. The number of rotatable bonds is 4. The van der Waals surface area contributed by atoms with Crippen molar-refractivity contribution in [2.75, 3.05) is 0 Å². The minimum Gasteiger partial charge on any atom is -0.103 e. The Morgan fingerprint density at radius 2 is 1.50 bits per heavy atom. The first-order valence-corrected chi connectivity index (χ1v) is 9.21. The van der Waals surface area contributed by atoms with Crippen LogP contribution in [0.4, 0.5) is 0 Å². The van der Waals surface area contributed by atoms with Crippen LogP contribution in [-0.2, 0) is 17.1 Å². The van der Waals surface area contributed by atoms with E-state index in [0.717, 1.165) is 12.8 Å². The van der Waals surface area contributed by atoms with E-state index in [1.807, 2.05) is 13.0 Å². The van der Waals surface area contributed by atoms with Gasteiger partial charge in [0.2, 0.25) is 0 Å². The van der Waals surface area contributed by atoms with Gasteiger partial charge in [-0.25, -0.2) is 0 Å². The van der Waals surface area contributed by atoms with Gasteiger partial charge in [-0.3, -0.25) is 0 Å². The van der Waals surface area contributed by atoms with Gasteiger partial charge in [0.1, 0.15) is 0 Å². The van der Waals surface area contributed by atoms with Crippen LogP contribution in [0.3, 0.4) is 0 Å². The van der Waals surface area contributed by atoms with Crippen LogP contribution >= 0.6 is 0 Å². The van der Waals surface area contributed by atoms with Crippen LogP contribution in [0.5, 0.6) is 0 Å². The van der Waals surface area contributed by atoms with Crippen LogP contribution in [0, 0.1) is 73.0 Å². The fraction of sp³-hybridized carbons (Fsp3) is 0.440. The molecule has 0 atom stereocenters. The molecular weight excluding hydrogens is 356 g/mol. The Labute approximate surface area is 176 Å². The molecule has 2 aliphatic rings. The van der Waals surface area contributed by atoms with E-state index in [-0.39, 0.29) is 27.9 Å². The maximum Gasteiger partial charge on any atom is 2.00 e. The first-order valence-electron chi connectivity index (χ1n) is 9.21. The second kappa shape index (κ2) is 11.1. The van der Waals surface area contributed by atoms with Gasteiger partial charge in [0.25, 0.3) is 0 Å². The summed E-state index contributed by atoms with van der Waals surface area (Å²) in [6.45, 7) is 23.4. The molecule has 2 fully saturated rings. The molecule has 0 spiro atoms. The van der Waals surface area contributed by atoms with Crippen molar-refractivity contribution in [3.05, 3.63) is 87.0 Å². The fourth-order valence-electron chi connectivity index (χ4n) is 2.89. The van der Waals surface area contributed by atoms with E-state index in [9.17, 15) is 0 Å². The molecule has 2 saturated carbocycles. The van der Waals surface area contributed by atoms with E-state index in [1.54, 1.807) is 0 Å². The van der Waals surface area contributed by atoms with Crippen LogP contribution in [0.15, 0.2) is 24.8 Å². The molecule has 0 aromatic heterocycles. The smallest absolute Gasteiger partial charge is 0.103 e. The second-order valence-electron chi connectivity index (χ2n) is 9.10. The molecule has 0 saturated heterocycles. The third-order valence-corrected chi connectivity index (χ3v) is 4.25. The maximum atomic E-state index is 3.85. The molecular formula is C25H36Fe+2. The molecule has 0 unspecified atom stereocenters. The largest absolute Gasteiger partial charge is 2.00 e. The van der Waals surface area contributed by atoms with Gasteiger partial charge in [-0.1, -0.05) is 53.2 Å². The third-order valence-electron chi connectivity index (χ3n) is 4.25. The summed E-state index contributed by atoms with van der Waals surface area (Å²) in [6.07, 6.45) is 17.1. The zero-order valence-electron chi connectivity index (χ0n) is 17.7. The van der Waals surface area contributed by atoms with Gasteiger partial charge < -0.3 is 0 Å². The summed E-state index contributed by atoms with van der Waals surface area (Å²) in [5.74, 6) is 5.71. The van der Waals surface area contributed by atoms with Crippen LogP contribution in [0.25, 0.3) is 0 Å². The maximum absolute atomic E-state index is 3.85. The molecule has 10 radical (unpaired) electrons. The van der Waals surface area contributed by atoms with Gasteiger partial charge in [0.15, 0.2) is 0 Å². The SMILES string of the molecule is C=C(C)C[C]1[CH][CH][CH][CH]1.C=CC[C]1[CH][C](C(C)(C)C)[CH][C]1C(C)(C)C.[Fe+2]. The Balaban J connectivity index is 0.000000532. The summed E-state index contributed by atoms with van der Waals surface area (Å²) in [6, 6.07) is 0. The molecule has 0 amide bonds. The average molecular weight is 392 g/mol. The molecule has 26 heavy (non-hydrogen) atoms. The van der Waals surface area contributed by atoms with E-state index in [0.29, 0.717) is 0 Å². The Morgan fingerprint density at radius 3 is 1.88 bits per heavy atom. The van der Waals surface area contributed by atoms with Crippen molar-refractivity contribution in [2.24, 2.45) is 10.8 Å². The van der Waals surface area contributed by atoms with Crippen LogP contribution in [0.1, 0.15) is 61.3 Å². The van der Waals surface area contributed by atoms with Gasteiger partial charge in [0, 0.05) is 0 Å². The van der Waals surface area contributed by atoms with E-state index in [1.165, 1.54) is 29.2 Å². The topological polar surface area (TPSA) is 0 Å². The van der Waals surface area contributed by atoms with E-state index in [4.69, 9.17) is 0 Å². The molecule has 0 aromatic carbocycles. The Hall–Kier alpha value is -0.000519. The summed E-state index contributed by atoms with van der Waals surface area (Å²) in [5, 5.41) is 0. The molecule has 2 aliphatic carbocycles. The van der Waals surface area contributed by atoms with Crippen molar-refractivity contribution in [3.63, 3.8) is 0 Å². The predicted molar refractivity (Wildman–Crippen MR) is 112 cm³/mol. The molecule has 0 aromatic rings. The van der Waals surface area contributed by atoms with Crippen molar-refractivity contribution >= 4 is 0 Å². The minimum atomic E-state index is 0. The first kappa shape index (κ1) is 26.0. The van der Waals surface area contributed by atoms with Crippen LogP contribution in [0.2, 0.25) is 0 Å². The van der Waals surface area contributed by atoms with Gasteiger partial charge in [0.05, 0.1) is 0 Å². The Bertz CT molecular complexity index is 414. The zero-order valence-corrected chi connectivity index (χ0v) is 18.8. The van der Waals surface area contributed by atoms with Gasteiger partial charge >= 0.3 is 17.1 Å². The number of allylic oxidation sites excluding steroid dienone is 2. The van der Waals surface area contributed by atoms with Crippen molar-refractivity contribution in [1.29, 1.82) is 0 Å². The molecule has 0 N–H and O–H groups in total. The fourth-order valence-corrected chi connectivity index (χ4v) is 2.89. The molecule has 1 heteroatoms. The summed E-state index contributed by atoms with van der Waals surface area (Å²) in [7, 11) is 0. The normalized spacial score (nSPS) is 20.4. The predicted octanol–water partition coefficient (Wildman–Crippen LogP) is 7.16. The number of hydrogen-bond donors (Lipinski definition) is 0. The summed E-state index contributed by atoms with van der Waals surface area (Å²) in [4.78, 5) is 0. The van der Waals surface area contributed by atoms with E-state index < -0.39 is 0 Å². The Morgan fingerprint density at radius 1 is 0.962 bits per heavy atom. The second-order valence-corrected chi connectivity index (χ2v) is 9.10. The average Bonchev–Trinajstić information content (AvgIpc) is 3.07. The van der Waals surface area contributed by atoms with Crippen molar-refractivity contribution in [1.82, 2.24) is 0 Å². The molecule has 0 heterocycles.